The van der Waals surface area contributed by atoms with Gasteiger partial charge in [-0.25, -0.2) is 4.79 Å². The van der Waals surface area contributed by atoms with Crippen molar-refractivity contribution in [2.24, 2.45) is 5.41 Å². The summed E-state index contributed by atoms with van der Waals surface area (Å²) in [7, 11) is 0. The molecule has 0 saturated heterocycles. The van der Waals surface area contributed by atoms with Gasteiger partial charge in [-0.15, -0.1) is 0 Å². The summed E-state index contributed by atoms with van der Waals surface area (Å²) in [5.41, 5.74) is -0.750. The Morgan fingerprint density at radius 3 is 1.94 bits per heavy atom. The number of hydrogen-bond acceptors (Lipinski definition) is 3. The molecule has 0 aliphatic heterocycles. The van der Waals surface area contributed by atoms with Crippen molar-refractivity contribution >= 4 is 28.7 Å². The molecule has 0 radical (unpaired) electrons. The highest BCUT2D eigenvalue weighted by Gasteiger charge is 2.32. The first-order chi connectivity index (χ1) is 6.93. The van der Waals surface area contributed by atoms with Gasteiger partial charge >= 0.3 is 6.09 Å². The van der Waals surface area contributed by atoms with Crippen LogP contribution >= 0.6 is 22.6 Å². The minimum Gasteiger partial charge on any atom is -0.444 e. The molecule has 1 amide bonds. The first-order valence-electron chi connectivity index (χ1n) is 5.25. The van der Waals surface area contributed by atoms with Gasteiger partial charge < -0.3 is 15.2 Å². The summed E-state index contributed by atoms with van der Waals surface area (Å²) in [4.78, 5) is 11.6. The molecule has 1 unspecified atom stereocenters. The minimum absolute atomic E-state index is 0.225. The first-order valence-corrected chi connectivity index (χ1v) is 6.50. The molecule has 5 heteroatoms. The van der Waals surface area contributed by atoms with E-state index >= 15 is 0 Å². The number of rotatable bonds is 2. The number of hydrogen-bond donors (Lipinski definition) is 2. The fourth-order valence-corrected chi connectivity index (χ4v) is 2.39. The van der Waals surface area contributed by atoms with Gasteiger partial charge in [0.05, 0.1) is 6.04 Å². The molecule has 0 aromatic carbocycles. The van der Waals surface area contributed by atoms with Gasteiger partial charge in [-0.2, -0.15) is 0 Å². The Bertz CT molecular complexity index is 241. The molecule has 16 heavy (non-hydrogen) atoms. The fraction of sp³-hybridized carbons (Fsp3) is 0.909. The minimum atomic E-state index is -0.648. The number of alkyl halides is 1. The van der Waals surface area contributed by atoms with Crippen LogP contribution < -0.4 is 5.32 Å². The lowest BCUT2D eigenvalue weighted by Crippen LogP contribution is -2.50. The zero-order chi connectivity index (χ0) is 13.1. The molecule has 0 heterocycles. The zero-order valence-corrected chi connectivity index (χ0v) is 13.0. The second-order valence-corrected chi connectivity index (χ2v) is 7.14. The number of alkyl carbamates (subject to hydrolysis) is 1. The molecule has 0 saturated carbocycles. The van der Waals surface area contributed by atoms with Crippen LogP contribution in [-0.2, 0) is 4.74 Å². The number of nitrogens with one attached hydrogen (secondary N) is 1. The van der Waals surface area contributed by atoms with E-state index < -0.39 is 15.8 Å². The van der Waals surface area contributed by atoms with Gasteiger partial charge in [0.2, 0.25) is 0 Å². The van der Waals surface area contributed by atoms with Crippen LogP contribution in [0.25, 0.3) is 0 Å². The summed E-state index contributed by atoms with van der Waals surface area (Å²) in [5.74, 6) is 0. The lowest BCUT2D eigenvalue weighted by molar-refractivity contribution is 0.0406. The smallest absolute Gasteiger partial charge is 0.408 e. The van der Waals surface area contributed by atoms with E-state index in [1.165, 1.54) is 0 Å². The van der Waals surface area contributed by atoms with Gasteiger partial charge in [-0.1, -0.05) is 20.8 Å². The Labute approximate surface area is 111 Å². The zero-order valence-electron chi connectivity index (χ0n) is 10.8. The summed E-state index contributed by atoms with van der Waals surface area (Å²) in [5, 5.41) is 12.3. The predicted molar refractivity (Wildman–Crippen MR) is 72.6 cm³/mol. The third kappa shape index (κ3) is 6.52. The number of aliphatic hydroxyl groups is 1. The number of carbonyl (C=O) groups is 1. The van der Waals surface area contributed by atoms with Crippen molar-refractivity contribution in [2.45, 2.75) is 57.3 Å². The Hall–Kier alpha value is -0.0400. The van der Waals surface area contributed by atoms with Crippen LogP contribution in [0.5, 0.6) is 0 Å². The largest absolute Gasteiger partial charge is 0.444 e. The SMILES string of the molecule is CC(C)(C)OC(=O)N[C@H](C(O)I)C(C)(C)C. The van der Waals surface area contributed by atoms with E-state index in [0.717, 1.165) is 0 Å². The Kier molecular flexibility index (Phi) is 5.52. The summed E-state index contributed by atoms with van der Waals surface area (Å²) < 4.78 is 4.50. The highest BCUT2D eigenvalue weighted by molar-refractivity contribution is 14.1. The molecular formula is C11H22INO3. The molecule has 0 bridgehead atoms. The van der Waals surface area contributed by atoms with E-state index in [0.29, 0.717) is 0 Å². The van der Waals surface area contributed by atoms with E-state index in [4.69, 9.17) is 4.74 Å². The number of ether oxygens (including phenoxy) is 1. The first kappa shape index (κ1) is 16.0. The van der Waals surface area contributed by atoms with Crippen LogP contribution in [0.2, 0.25) is 0 Å². The van der Waals surface area contributed by atoms with E-state index in [9.17, 15) is 9.90 Å². The topological polar surface area (TPSA) is 58.6 Å². The summed E-state index contributed by atoms with van der Waals surface area (Å²) in [6.45, 7) is 11.3. The molecule has 0 spiro atoms. The average molecular weight is 343 g/mol. The van der Waals surface area contributed by atoms with Crippen LogP contribution in [0, 0.1) is 5.41 Å². The van der Waals surface area contributed by atoms with Gasteiger partial charge in [0, 0.05) is 0 Å². The van der Waals surface area contributed by atoms with Gasteiger partial charge in [0.15, 0.2) is 0 Å². The van der Waals surface area contributed by atoms with Gasteiger partial charge in [-0.3, -0.25) is 0 Å². The van der Waals surface area contributed by atoms with E-state index in [1.54, 1.807) is 20.8 Å². The Balaban J connectivity index is 4.49. The van der Waals surface area contributed by atoms with Crippen LogP contribution in [0.4, 0.5) is 4.79 Å². The molecule has 2 atom stereocenters. The van der Waals surface area contributed by atoms with Gasteiger partial charge in [0.25, 0.3) is 0 Å². The van der Waals surface area contributed by atoms with Crippen LogP contribution in [0.1, 0.15) is 41.5 Å². The van der Waals surface area contributed by atoms with Crippen molar-refractivity contribution in [1.29, 1.82) is 0 Å². The number of aliphatic hydroxyl groups excluding tert-OH is 1. The monoisotopic (exact) mass is 343 g/mol. The second-order valence-electron chi connectivity index (χ2n) is 5.86. The predicted octanol–water partition coefficient (Wildman–Crippen LogP) is 2.68. The molecule has 0 rings (SSSR count). The molecule has 0 fully saturated rings. The maximum Gasteiger partial charge on any atom is 0.408 e. The highest BCUT2D eigenvalue weighted by Crippen LogP contribution is 2.25. The van der Waals surface area contributed by atoms with Crippen molar-refractivity contribution in [3.63, 3.8) is 0 Å². The van der Waals surface area contributed by atoms with Crippen molar-refractivity contribution in [1.82, 2.24) is 5.32 Å². The summed E-state index contributed by atoms with van der Waals surface area (Å²) >= 11 is 1.89. The molecular weight excluding hydrogens is 321 g/mol. The lowest BCUT2D eigenvalue weighted by atomic mass is 9.87. The normalized spacial score (nSPS) is 16.5. The molecule has 2 N–H and O–H groups in total. The van der Waals surface area contributed by atoms with Crippen LogP contribution in [0.15, 0.2) is 0 Å². The second kappa shape index (κ2) is 5.53. The van der Waals surface area contributed by atoms with Gasteiger partial charge in [0.1, 0.15) is 9.71 Å². The average Bonchev–Trinajstić information content (AvgIpc) is 1.93. The maximum absolute atomic E-state index is 11.6. The van der Waals surface area contributed by atoms with Crippen LogP contribution in [0.3, 0.4) is 0 Å². The highest BCUT2D eigenvalue weighted by atomic mass is 127. The fourth-order valence-electron chi connectivity index (χ4n) is 1.13. The Morgan fingerprint density at radius 1 is 1.25 bits per heavy atom. The molecule has 4 nitrogen and oxygen atoms in total. The molecule has 0 aromatic rings. The van der Waals surface area contributed by atoms with E-state index in [-0.39, 0.29) is 11.5 Å². The van der Waals surface area contributed by atoms with Crippen molar-refractivity contribution in [2.75, 3.05) is 0 Å². The quantitative estimate of drug-likeness (QED) is 0.599. The number of amides is 1. The van der Waals surface area contributed by atoms with Crippen molar-refractivity contribution < 1.29 is 14.6 Å². The summed E-state index contributed by atoms with van der Waals surface area (Å²) in [6, 6.07) is -0.344. The van der Waals surface area contributed by atoms with E-state index in [2.05, 4.69) is 5.32 Å². The standard InChI is InChI=1S/C11H22INO3/c1-10(2,3)7(8(12)14)13-9(15)16-11(4,5)6/h7-8,14H,1-6H3,(H,13,15)/t7-,8?/m1/s1. The molecule has 0 aliphatic carbocycles. The summed E-state index contributed by atoms with van der Waals surface area (Å²) in [6.07, 6.45) is -0.497. The number of halogens is 1. The van der Waals surface area contributed by atoms with Crippen LogP contribution in [-0.4, -0.2) is 27.0 Å². The third-order valence-electron chi connectivity index (χ3n) is 1.88. The molecule has 0 aromatic heterocycles. The number of carbonyl (C=O) groups excluding carboxylic acids is 1. The van der Waals surface area contributed by atoms with Crippen molar-refractivity contribution in [3.05, 3.63) is 0 Å². The van der Waals surface area contributed by atoms with E-state index in [1.807, 2.05) is 43.4 Å². The molecule has 96 valence electrons. The Morgan fingerprint density at radius 2 is 1.69 bits per heavy atom. The van der Waals surface area contributed by atoms with Crippen molar-refractivity contribution in [3.8, 4) is 0 Å². The lowest BCUT2D eigenvalue weighted by Gasteiger charge is -2.33. The third-order valence-corrected chi connectivity index (χ3v) is 2.60. The maximum atomic E-state index is 11.6. The molecule has 0 aliphatic rings. The van der Waals surface area contributed by atoms with Gasteiger partial charge in [-0.05, 0) is 48.8 Å².